The minimum absolute atomic E-state index is 0.0433. The van der Waals surface area contributed by atoms with E-state index in [1.165, 1.54) is 0 Å². The molecule has 0 radical (unpaired) electrons. The van der Waals surface area contributed by atoms with Crippen LogP contribution in [0.25, 0.3) is 0 Å². The van der Waals surface area contributed by atoms with Gasteiger partial charge in [-0.2, -0.15) is 13.2 Å². The van der Waals surface area contributed by atoms with Gasteiger partial charge in [-0.15, -0.1) is 0 Å². The molecule has 3 rings (SSSR count). The number of carbonyl (C=O) groups is 1. The van der Waals surface area contributed by atoms with Crippen LogP contribution < -0.4 is 9.80 Å². The molecule has 0 bridgehead atoms. The predicted molar refractivity (Wildman–Crippen MR) is 108 cm³/mol. The number of nitrogens with zero attached hydrogens (tertiary/aromatic N) is 4. The highest BCUT2D eigenvalue weighted by Crippen LogP contribution is 2.33. The van der Waals surface area contributed by atoms with E-state index in [0.29, 0.717) is 44.0 Å². The van der Waals surface area contributed by atoms with E-state index in [2.05, 4.69) is 4.98 Å². The number of aromatic nitrogens is 1. The first-order chi connectivity index (χ1) is 13.7. The van der Waals surface area contributed by atoms with Crippen molar-refractivity contribution < 1.29 is 18.0 Å². The zero-order chi connectivity index (χ0) is 21.2. The van der Waals surface area contributed by atoms with Crippen LogP contribution in [0.15, 0.2) is 36.5 Å². The summed E-state index contributed by atoms with van der Waals surface area (Å²) in [7, 11) is 3.82. The van der Waals surface area contributed by atoms with Crippen molar-refractivity contribution in [3.05, 3.63) is 52.7 Å². The van der Waals surface area contributed by atoms with Gasteiger partial charge in [-0.25, -0.2) is 4.98 Å². The molecule has 1 aliphatic heterocycles. The second-order valence-electron chi connectivity index (χ2n) is 7.10. The fraction of sp³-hybridized carbons (Fsp3) is 0.400. The Morgan fingerprint density at radius 2 is 1.90 bits per heavy atom. The number of anilines is 2. The molecule has 0 unspecified atom stereocenters. The Bertz CT molecular complexity index is 888. The van der Waals surface area contributed by atoms with E-state index in [9.17, 15) is 18.0 Å². The van der Waals surface area contributed by atoms with Crippen molar-refractivity contribution in [2.75, 3.05) is 50.1 Å². The van der Waals surface area contributed by atoms with Gasteiger partial charge in [-0.05, 0) is 30.7 Å². The van der Waals surface area contributed by atoms with Crippen LogP contribution in [0.4, 0.5) is 24.7 Å². The van der Waals surface area contributed by atoms with Crippen molar-refractivity contribution in [3.8, 4) is 0 Å². The number of hydrogen-bond donors (Lipinski definition) is 0. The van der Waals surface area contributed by atoms with E-state index in [1.54, 1.807) is 11.0 Å². The summed E-state index contributed by atoms with van der Waals surface area (Å²) in [6, 6.07) is 8.30. The van der Waals surface area contributed by atoms with Crippen LogP contribution in [0.3, 0.4) is 0 Å². The van der Waals surface area contributed by atoms with Gasteiger partial charge < -0.3 is 14.7 Å². The summed E-state index contributed by atoms with van der Waals surface area (Å²) in [4.78, 5) is 22.4. The maximum atomic E-state index is 12.9. The molecule has 0 atom stereocenters. The molecular weight excluding hydrogens is 405 g/mol. The number of rotatable bonds is 3. The third-order valence-corrected chi connectivity index (χ3v) is 5.12. The summed E-state index contributed by atoms with van der Waals surface area (Å²) in [5.74, 6) is 0.241. The topological polar surface area (TPSA) is 39.7 Å². The lowest BCUT2D eigenvalue weighted by Gasteiger charge is -2.24. The van der Waals surface area contributed by atoms with Crippen molar-refractivity contribution >= 4 is 29.0 Å². The lowest BCUT2D eigenvalue weighted by molar-refractivity contribution is -0.137. The number of amides is 1. The second-order valence-corrected chi connectivity index (χ2v) is 7.51. The highest BCUT2D eigenvalue weighted by atomic mass is 35.5. The molecule has 2 aromatic rings. The molecule has 0 saturated carbocycles. The molecular formula is C20H22ClF3N4O. The van der Waals surface area contributed by atoms with Crippen LogP contribution in [-0.4, -0.2) is 56.1 Å². The molecule has 1 saturated heterocycles. The lowest BCUT2D eigenvalue weighted by atomic mass is 10.1. The zero-order valence-electron chi connectivity index (χ0n) is 16.2. The molecule has 0 spiro atoms. The highest BCUT2D eigenvalue weighted by molar-refractivity contribution is 6.33. The number of alkyl halides is 3. The van der Waals surface area contributed by atoms with Gasteiger partial charge in [-0.1, -0.05) is 17.7 Å². The van der Waals surface area contributed by atoms with Crippen LogP contribution in [0.5, 0.6) is 0 Å². The Balaban J connectivity index is 1.72. The fourth-order valence-corrected chi connectivity index (χ4v) is 3.54. The van der Waals surface area contributed by atoms with E-state index >= 15 is 0 Å². The Hall–Kier alpha value is -2.48. The average molecular weight is 427 g/mol. The predicted octanol–water partition coefficient (Wildman–Crippen LogP) is 4.17. The van der Waals surface area contributed by atoms with Crippen LogP contribution in [0.2, 0.25) is 5.02 Å². The highest BCUT2D eigenvalue weighted by Gasteiger charge is 2.32. The quantitative estimate of drug-likeness (QED) is 0.738. The normalized spacial score (nSPS) is 15.2. The van der Waals surface area contributed by atoms with Crippen molar-refractivity contribution in [1.82, 2.24) is 9.88 Å². The van der Waals surface area contributed by atoms with Gasteiger partial charge in [0.25, 0.3) is 5.91 Å². The fourth-order valence-electron chi connectivity index (χ4n) is 3.25. The third-order valence-electron chi connectivity index (χ3n) is 4.84. The molecule has 1 aromatic carbocycles. The molecule has 1 aliphatic rings. The van der Waals surface area contributed by atoms with Gasteiger partial charge in [-0.3, -0.25) is 4.79 Å². The molecule has 9 heteroatoms. The van der Waals surface area contributed by atoms with Crippen LogP contribution in [0, 0.1) is 0 Å². The van der Waals surface area contributed by atoms with Crippen molar-refractivity contribution in [2.24, 2.45) is 0 Å². The number of carbonyl (C=O) groups excluding carboxylic acids is 1. The maximum Gasteiger partial charge on any atom is 0.417 e. The number of halogens is 4. The van der Waals surface area contributed by atoms with Gasteiger partial charge in [0.2, 0.25) is 0 Å². The monoisotopic (exact) mass is 426 g/mol. The summed E-state index contributed by atoms with van der Waals surface area (Å²) >= 11 is 6.07. The molecule has 156 valence electrons. The summed E-state index contributed by atoms with van der Waals surface area (Å²) in [5, 5.41) is -0.0433. The first-order valence-corrected chi connectivity index (χ1v) is 9.59. The van der Waals surface area contributed by atoms with Gasteiger partial charge >= 0.3 is 6.18 Å². The van der Waals surface area contributed by atoms with Crippen molar-refractivity contribution in [2.45, 2.75) is 12.6 Å². The Kier molecular flexibility index (Phi) is 6.21. The SMILES string of the molecule is CN(C)c1cccc(C(=O)N2CCCN(c3ncc(C(F)(F)F)cc3Cl)CC2)c1. The maximum absolute atomic E-state index is 12.9. The van der Waals surface area contributed by atoms with Crippen LogP contribution >= 0.6 is 11.6 Å². The zero-order valence-corrected chi connectivity index (χ0v) is 17.0. The lowest BCUT2D eigenvalue weighted by Crippen LogP contribution is -2.35. The molecule has 0 N–H and O–H groups in total. The molecule has 29 heavy (non-hydrogen) atoms. The summed E-state index contributed by atoms with van der Waals surface area (Å²) in [6.45, 7) is 1.99. The van der Waals surface area contributed by atoms with Crippen molar-refractivity contribution in [3.63, 3.8) is 0 Å². The van der Waals surface area contributed by atoms with E-state index < -0.39 is 11.7 Å². The van der Waals surface area contributed by atoms with E-state index in [1.807, 2.05) is 42.1 Å². The Morgan fingerprint density at radius 3 is 2.55 bits per heavy atom. The summed E-state index contributed by atoms with van der Waals surface area (Å²) < 4.78 is 38.5. The van der Waals surface area contributed by atoms with Crippen LogP contribution in [0.1, 0.15) is 22.3 Å². The second kappa shape index (κ2) is 8.49. The first kappa shape index (κ1) is 21.2. The molecule has 0 aliphatic carbocycles. The largest absolute Gasteiger partial charge is 0.417 e. The molecule has 5 nitrogen and oxygen atoms in total. The third kappa shape index (κ3) is 4.93. The molecule has 2 heterocycles. The number of pyridine rings is 1. The number of benzene rings is 1. The Labute approximate surface area is 172 Å². The molecule has 1 fully saturated rings. The van der Waals surface area contributed by atoms with Gasteiger partial charge in [0.05, 0.1) is 10.6 Å². The standard InChI is InChI=1S/C20H22ClF3N4O/c1-26(2)16-6-3-5-14(11-16)19(29)28-8-4-7-27(9-10-28)18-17(21)12-15(13-25-18)20(22,23)24/h3,5-6,11-13H,4,7-10H2,1-2H3. The average Bonchev–Trinajstić information content (AvgIpc) is 2.93. The van der Waals surface area contributed by atoms with Gasteiger partial charge in [0, 0.05) is 57.7 Å². The summed E-state index contributed by atoms with van der Waals surface area (Å²) in [5.41, 5.74) is 0.669. The first-order valence-electron chi connectivity index (χ1n) is 9.21. The van der Waals surface area contributed by atoms with Gasteiger partial charge in [0.1, 0.15) is 5.82 Å². The molecule has 1 amide bonds. The van der Waals surface area contributed by atoms with Crippen molar-refractivity contribution in [1.29, 1.82) is 0 Å². The van der Waals surface area contributed by atoms with E-state index in [0.717, 1.165) is 18.0 Å². The van der Waals surface area contributed by atoms with E-state index in [-0.39, 0.29) is 10.9 Å². The smallest absolute Gasteiger partial charge is 0.378 e. The molecule has 1 aromatic heterocycles. The van der Waals surface area contributed by atoms with E-state index in [4.69, 9.17) is 11.6 Å². The van der Waals surface area contributed by atoms with Gasteiger partial charge in [0.15, 0.2) is 0 Å². The minimum atomic E-state index is -4.49. The number of hydrogen-bond acceptors (Lipinski definition) is 4. The van der Waals surface area contributed by atoms with Crippen LogP contribution in [-0.2, 0) is 6.18 Å². The Morgan fingerprint density at radius 1 is 1.14 bits per heavy atom. The minimum Gasteiger partial charge on any atom is -0.378 e. The summed E-state index contributed by atoms with van der Waals surface area (Å²) in [6.07, 6.45) is -3.03.